The first-order valence-electron chi connectivity index (χ1n) is 11.7. The predicted octanol–water partition coefficient (Wildman–Crippen LogP) is 3.94. The van der Waals surface area contributed by atoms with Gasteiger partial charge in [0.1, 0.15) is 16.7 Å². The van der Waals surface area contributed by atoms with Gasteiger partial charge >= 0.3 is 5.97 Å². The van der Waals surface area contributed by atoms with Crippen molar-refractivity contribution in [2.45, 2.75) is 25.3 Å². The van der Waals surface area contributed by atoms with Crippen LogP contribution in [0.5, 0.6) is 5.75 Å². The van der Waals surface area contributed by atoms with Gasteiger partial charge in [-0.05, 0) is 48.8 Å². The van der Waals surface area contributed by atoms with E-state index in [0.29, 0.717) is 35.2 Å². The van der Waals surface area contributed by atoms with E-state index < -0.39 is 17.9 Å². The van der Waals surface area contributed by atoms with Gasteiger partial charge in [0.25, 0.3) is 5.91 Å². The summed E-state index contributed by atoms with van der Waals surface area (Å²) in [4.78, 5) is 39.9. The Labute approximate surface area is 228 Å². The molecule has 0 spiro atoms. The summed E-state index contributed by atoms with van der Waals surface area (Å²) in [5.74, 6) is -0.683. The van der Waals surface area contributed by atoms with Crippen molar-refractivity contribution < 1.29 is 23.9 Å². The number of methoxy groups -OCH3 is 1. The fourth-order valence-corrected chi connectivity index (χ4v) is 5.78. The molecule has 2 aromatic carbocycles. The summed E-state index contributed by atoms with van der Waals surface area (Å²) in [5, 5.41) is 6.51. The second-order valence-electron chi connectivity index (χ2n) is 8.38. The molecule has 0 radical (unpaired) electrons. The summed E-state index contributed by atoms with van der Waals surface area (Å²) in [6.07, 6.45) is 1.27. The van der Waals surface area contributed by atoms with Crippen molar-refractivity contribution in [3.05, 3.63) is 64.0 Å². The number of nitrogens with zero attached hydrogens (tertiary/aromatic N) is 1. The zero-order valence-corrected chi connectivity index (χ0v) is 22.5. The van der Waals surface area contributed by atoms with Gasteiger partial charge in [-0.3, -0.25) is 19.7 Å². The van der Waals surface area contributed by atoms with Crippen molar-refractivity contribution in [3.63, 3.8) is 0 Å². The molecule has 0 bridgehead atoms. The lowest BCUT2D eigenvalue weighted by molar-refractivity contribution is -0.147. The molecule has 2 amide bonds. The number of piperazine rings is 1. The van der Waals surface area contributed by atoms with Gasteiger partial charge < -0.3 is 19.7 Å². The van der Waals surface area contributed by atoms with E-state index in [1.54, 1.807) is 30.2 Å². The number of nitrogens with one attached hydrogen (secondary N) is 2. The van der Waals surface area contributed by atoms with E-state index in [-0.39, 0.29) is 24.0 Å². The molecule has 194 valence electrons. The lowest BCUT2D eigenvalue weighted by atomic mass is 10.1. The molecule has 4 rings (SSSR count). The molecule has 1 aliphatic heterocycles. The van der Waals surface area contributed by atoms with Crippen molar-refractivity contribution in [3.8, 4) is 5.75 Å². The molecule has 1 fully saturated rings. The Morgan fingerprint density at radius 1 is 1.24 bits per heavy atom. The van der Waals surface area contributed by atoms with Crippen molar-refractivity contribution in [1.29, 1.82) is 0 Å². The molecule has 11 heteroatoms. The topological polar surface area (TPSA) is 97.0 Å². The maximum Gasteiger partial charge on any atom is 0.308 e. The Hall–Kier alpha value is -3.21. The second kappa shape index (κ2) is 12.4. The summed E-state index contributed by atoms with van der Waals surface area (Å²) >= 11 is 13.1. The van der Waals surface area contributed by atoms with Crippen LogP contribution in [0.4, 0.5) is 0 Å². The fraction of sp³-hybridized carbons (Fsp3) is 0.308. The highest BCUT2D eigenvalue weighted by molar-refractivity contribution is 7.80. The first-order chi connectivity index (χ1) is 17.9. The van der Waals surface area contributed by atoms with E-state index in [4.69, 9.17) is 33.3 Å². The number of thiophene rings is 1. The minimum atomic E-state index is -0.884. The third-order valence-corrected chi connectivity index (χ3v) is 7.92. The van der Waals surface area contributed by atoms with Gasteiger partial charge in [0.15, 0.2) is 5.11 Å². The lowest BCUT2D eigenvalue weighted by Gasteiger charge is -2.36. The van der Waals surface area contributed by atoms with Gasteiger partial charge in [-0.1, -0.05) is 41.9 Å². The van der Waals surface area contributed by atoms with E-state index in [0.717, 1.165) is 22.1 Å². The van der Waals surface area contributed by atoms with Crippen LogP contribution in [-0.4, -0.2) is 60.6 Å². The van der Waals surface area contributed by atoms with Crippen LogP contribution in [0.3, 0.4) is 0 Å². The molecular formula is C26H26ClN3O5S2. The maximum atomic E-state index is 13.0. The largest absolute Gasteiger partial charge is 0.497 e. The maximum absolute atomic E-state index is 13.0. The Bertz CT molecular complexity index is 1310. The number of ether oxygens (including phenoxy) is 2. The summed E-state index contributed by atoms with van der Waals surface area (Å²) in [6, 6.07) is 14.4. The fourth-order valence-electron chi connectivity index (χ4n) is 4.03. The number of benzene rings is 2. The SMILES string of the molecule is COc1ccc2c(Cl)c(C(=O)NC(=S)N3CCNC(=O)C3CC(=O)OCCCc3ccccc3)sc2c1. The highest BCUT2D eigenvalue weighted by Crippen LogP contribution is 2.37. The number of halogens is 1. The average Bonchev–Trinajstić information content (AvgIpc) is 3.24. The van der Waals surface area contributed by atoms with Crippen LogP contribution in [0.25, 0.3) is 10.1 Å². The minimum absolute atomic E-state index is 0.0489. The lowest BCUT2D eigenvalue weighted by Crippen LogP contribution is -2.60. The van der Waals surface area contributed by atoms with E-state index in [9.17, 15) is 14.4 Å². The Morgan fingerprint density at radius 2 is 2.03 bits per heavy atom. The molecule has 8 nitrogen and oxygen atoms in total. The Kier molecular flexibility index (Phi) is 8.96. The van der Waals surface area contributed by atoms with E-state index >= 15 is 0 Å². The van der Waals surface area contributed by atoms with E-state index in [1.165, 1.54) is 11.3 Å². The van der Waals surface area contributed by atoms with E-state index in [1.807, 2.05) is 30.3 Å². The first kappa shape index (κ1) is 26.8. The number of aryl methyl sites for hydroxylation is 1. The predicted molar refractivity (Wildman–Crippen MR) is 147 cm³/mol. The van der Waals surface area contributed by atoms with Crippen LogP contribution in [0.15, 0.2) is 48.5 Å². The minimum Gasteiger partial charge on any atom is -0.497 e. The number of carbonyl (C=O) groups excluding carboxylic acids is 3. The standard InChI is InChI=1S/C26H26ClN3O5S2/c1-34-17-9-10-18-20(14-17)37-23(22(18)27)25(33)29-26(36)30-12-11-28-24(32)19(30)15-21(31)35-13-5-8-16-6-3-2-4-7-16/h2-4,6-7,9-10,14,19H,5,8,11-13,15H2,1H3,(H,28,32)(H,29,33,36). The number of amides is 2. The summed E-state index contributed by atoms with van der Waals surface area (Å²) in [5.41, 5.74) is 1.16. The first-order valence-corrected chi connectivity index (χ1v) is 13.3. The molecule has 1 atom stereocenters. The molecule has 37 heavy (non-hydrogen) atoms. The third kappa shape index (κ3) is 6.57. The second-order valence-corrected chi connectivity index (χ2v) is 10.2. The van der Waals surface area contributed by atoms with Gasteiger partial charge in [0.05, 0.1) is 25.2 Å². The number of hydrogen-bond acceptors (Lipinski definition) is 7. The summed E-state index contributed by atoms with van der Waals surface area (Å²) in [6.45, 7) is 0.924. The van der Waals surface area contributed by atoms with Crippen molar-refractivity contribution in [2.24, 2.45) is 0 Å². The Balaban J connectivity index is 1.36. The molecular weight excluding hydrogens is 534 g/mol. The molecule has 0 aliphatic carbocycles. The number of hydrogen-bond donors (Lipinski definition) is 2. The summed E-state index contributed by atoms with van der Waals surface area (Å²) in [7, 11) is 1.56. The molecule has 1 saturated heterocycles. The quantitative estimate of drug-likeness (QED) is 0.245. The monoisotopic (exact) mass is 559 g/mol. The molecule has 2 heterocycles. The zero-order valence-electron chi connectivity index (χ0n) is 20.1. The van der Waals surface area contributed by atoms with Gasteiger partial charge in [0, 0.05) is 23.2 Å². The molecule has 1 aromatic heterocycles. The van der Waals surface area contributed by atoms with Crippen molar-refractivity contribution in [1.82, 2.24) is 15.5 Å². The molecule has 1 unspecified atom stereocenters. The van der Waals surface area contributed by atoms with Gasteiger partial charge in [-0.2, -0.15) is 0 Å². The van der Waals surface area contributed by atoms with Crippen LogP contribution in [0, 0.1) is 0 Å². The van der Waals surface area contributed by atoms with Crippen LogP contribution in [0.1, 0.15) is 28.1 Å². The number of carbonyl (C=O) groups is 3. The van der Waals surface area contributed by atoms with Gasteiger partial charge in [0.2, 0.25) is 5.91 Å². The van der Waals surface area contributed by atoms with Gasteiger partial charge in [-0.15, -0.1) is 11.3 Å². The number of thiocarbonyl (C=S) groups is 1. The molecule has 0 saturated carbocycles. The van der Waals surface area contributed by atoms with Crippen LogP contribution >= 0.6 is 35.2 Å². The zero-order chi connectivity index (χ0) is 26.4. The highest BCUT2D eigenvalue weighted by Gasteiger charge is 2.34. The average molecular weight is 560 g/mol. The Morgan fingerprint density at radius 3 is 2.78 bits per heavy atom. The number of esters is 1. The smallest absolute Gasteiger partial charge is 0.308 e. The molecule has 1 aliphatic rings. The molecule has 3 aromatic rings. The third-order valence-electron chi connectivity index (χ3n) is 5.93. The summed E-state index contributed by atoms with van der Waals surface area (Å²) < 4.78 is 11.4. The molecule has 2 N–H and O–H groups in total. The number of rotatable bonds is 8. The van der Waals surface area contributed by atoms with Gasteiger partial charge in [-0.25, -0.2) is 0 Å². The van der Waals surface area contributed by atoms with Crippen molar-refractivity contribution in [2.75, 3.05) is 26.8 Å². The van der Waals surface area contributed by atoms with Crippen molar-refractivity contribution >= 4 is 68.1 Å². The van der Waals surface area contributed by atoms with Crippen LogP contribution in [0.2, 0.25) is 5.02 Å². The highest BCUT2D eigenvalue weighted by atomic mass is 35.5. The number of fused-ring (bicyclic) bond motifs is 1. The van der Waals surface area contributed by atoms with E-state index in [2.05, 4.69) is 10.6 Å². The van der Waals surface area contributed by atoms with Crippen LogP contribution < -0.4 is 15.4 Å². The normalized spacial score (nSPS) is 15.2. The van der Waals surface area contributed by atoms with Crippen LogP contribution in [-0.2, 0) is 20.7 Å².